The SMILES string of the molecule is CNC1CC2(C1)CN(c1cnc3[nH]ccc3n1)C2. The van der Waals surface area contributed by atoms with Gasteiger partial charge in [-0.15, -0.1) is 0 Å². The molecule has 2 fully saturated rings. The first kappa shape index (κ1) is 10.3. The summed E-state index contributed by atoms with van der Waals surface area (Å²) in [5.74, 6) is 1.01. The number of fused-ring (bicyclic) bond motifs is 1. The van der Waals surface area contributed by atoms with E-state index in [0.717, 1.165) is 36.1 Å². The van der Waals surface area contributed by atoms with E-state index in [1.807, 2.05) is 18.5 Å². The Bertz CT molecular complexity index is 576. The largest absolute Gasteiger partial charge is 0.354 e. The summed E-state index contributed by atoms with van der Waals surface area (Å²) in [6.07, 6.45) is 6.37. The molecule has 1 saturated heterocycles. The van der Waals surface area contributed by atoms with Crippen molar-refractivity contribution in [3.8, 4) is 0 Å². The zero-order chi connectivity index (χ0) is 12.2. The number of aromatic amines is 1. The van der Waals surface area contributed by atoms with Crippen molar-refractivity contribution < 1.29 is 0 Å². The molecule has 0 amide bonds. The highest BCUT2D eigenvalue weighted by Crippen LogP contribution is 2.49. The van der Waals surface area contributed by atoms with Crippen LogP contribution >= 0.6 is 0 Å². The zero-order valence-corrected chi connectivity index (χ0v) is 10.5. The third-order valence-electron chi connectivity index (χ3n) is 4.39. The van der Waals surface area contributed by atoms with Crippen LogP contribution in [0.3, 0.4) is 0 Å². The molecule has 1 aliphatic heterocycles. The second-order valence-electron chi connectivity index (χ2n) is 5.69. The van der Waals surface area contributed by atoms with Crippen molar-refractivity contribution in [1.82, 2.24) is 20.3 Å². The van der Waals surface area contributed by atoms with Crippen molar-refractivity contribution in [2.24, 2.45) is 5.41 Å². The van der Waals surface area contributed by atoms with Crippen LogP contribution in [0.15, 0.2) is 18.5 Å². The first-order chi connectivity index (χ1) is 8.78. The maximum absolute atomic E-state index is 4.64. The van der Waals surface area contributed by atoms with E-state index in [1.165, 1.54) is 12.8 Å². The number of hydrogen-bond acceptors (Lipinski definition) is 4. The van der Waals surface area contributed by atoms with Crippen molar-refractivity contribution in [2.45, 2.75) is 18.9 Å². The molecule has 18 heavy (non-hydrogen) atoms. The molecule has 4 rings (SSSR count). The molecule has 2 aromatic rings. The Balaban J connectivity index is 1.49. The van der Waals surface area contributed by atoms with Crippen molar-refractivity contribution in [1.29, 1.82) is 0 Å². The minimum atomic E-state index is 0.558. The number of nitrogens with zero attached hydrogens (tertiary/aromatic N) is 3. The summed E-state index contributed by atoms with van der Waals surface area (Å²) in [5.41, 5.74) is 2.38. The predicted octanol–water partition coefficient (Wildman–Crippen LogP) is 1.15. The van der Waals surface area contributed by atoms with E-state index in [4.69, 9.17) is 0 Å². The quantitative estimate of drug-likeness (QED) is 0.830. The Morgan fingerprint density at radius 1 is 1.44 bits per heavy atom. The minimum absolute atomic E-state index is 0.558. The molecule has 0 bridgehead atoms. The van der Waals surface area contributed by atoms with Crippen LogP contribution in [0.4, 0.5) is 5.82 Å². The van der Waals surface area contributed by atoms with Gasteiger partial charge in [0.2, 0.25) is 0 Å². The van der Waals surface area contributed by atoms with Gasteiger partial charge in [-0.25, -0.2) is 9.97 Å². The van der Waals surface area contributed by atoms with Crippen molar-refractivity contribution in [2.75, 3.05) is 25.0 Å². The van der Waals surface area contributed by atoms with Gasteiger partial charge in [0.15, 0.2) is 5.65 Å². The number of rotatable bonds is 2. The van der Waals surface area contributed by atoms with E-state index in [9.17, 15) is 0 Å². The molecular weight excluding hydrogens is 226 g/mol. The van der Waals surface area contributed by atoms with Gasteiger partial charge in [0.05, 0.1) is 6.20 Å². The molecule has 0 radical (unpaired) electrons. The Hall–Kier alpha value is -1.62. The summed E-state index contributed by atoms with van der Waals surface area (Å²) in [4.78, 5) is 14.4. The van der Waals surface area contributed by atoms with Gasteiger partial charge >= 0.3 is 0 Å². The van der Waals surface area contributed by atoms with Crippen LogP contribution in [-0.4, -0.2) is 41.1 Å². The maximum Gasteiger partial charge on any atom is 0.156 e. The number of aromatic nitrogens is 3. The Labute approximate surface area is 106 Å². The average Bonchev–Trinajstić information content (AvgIpc) is 2.73. The monoisotopic (exact) mass is 243 g/mol. The lowest BCUT2D eigenvalue weighted by atomic mass is 9.61. The first-order valence-corrected chi connectivity index (χ1v) is 6.50. The summed E-state index contributed by atoms with van der Waals surface area (Å²) in [6, 6.07) is 2.70. The summed E-state index contributed by atoms with van der Waals surface area (Å²) < 4.78 is 0. The van der Waals surface area contributed by atoms with Gasteiger partial charge in [0.1, 0.15) is 11.3 Å². The molecule has 0 aromatic carbocycles. The van der Waals surface area contributed by atoms with E-state index < -0.39 is 0 Å². The van der Waals surface area contributed by atoms with Crippen molar-refractivity contribution >= 4 is 17.0 Å². The average molecular weight is 243 g/mol. The topological polar surface area (TPSA) is 56.8 Å². The normalized spacial score (nSPS) is 22.2. The molecule has 5 heteroatoms. The second kappa shape index (κ2) is 3.45. The van der Waals surface area contributed by atoms with E-state index in [-0.39, 0.29) is 0 Å². The summed E-state index contributed by atoms with van der Waals surface area (Å²) in [6.45, 7) is 2.27. The number of hydrogen-bond donors (Lipinski definition) is 2. The zero-order valence-electron chi connectivity index (χ0n) is 10.5. The molecule has 3 heterocycles. The highest BCUT2D eigenvalue weighted by molar-refractivity contribution is 5.72. The fraction of sp³-hybridized carbons (Fsp3) is 0.538. The van der Waals surface area contributed by atoms with Crippen LogP contribution < -0.4 is 10.2 Å². The molecule has 2 aromatic heterocycles. The van der Waals surface area contributed by atoms with Gasteiger partial charge in [-0.05, 0) is 26.0 Å². The molecular formula is C13H17N5. The number of H-pyrrole nitrogens is 1. The molecule has 1 saturated carbocycles. The first-order valence-electron chi connectivity index (χ1n) is 6.50. The third-order valence-corrected chi connectivity index (χ3v) is 4.39. The van der Waals surface area contributed by atoms with Gasteiger partial charge in [-0.3, -0.25) is 0 Å². The van der Waals surface area contributed by atoms with Gasteiger partial charge in [0, 0.05) is 30.7 Å². The number of anilines is 1. The van der Waals surface area contributed by atoms with Crippen molar-refractivity contribution in [3.63, 3.8) is 0 Å². The molecule has 1 aliphatic carbocycles. The summed E-state index contributed by atoms with van der Waals surface area (Å²) in [5, 5.41) is 3.35. The fourth-order valence-corrected chi connectivity index (χ4v) is 3.35. The predicted molar refractivity (Wildman–Crippen MR) is 70.6 cm³/mol. The lowest BCUT2D eigenvalue weighted by molar-refractivity contribution is 0.0516. The fourth-order valence-electron chi connectivity index (χ4n) is 3.35. The molecule has 94 valence electrons. The third kappa shape index (κ3) is 1.37. The molecule has 5 nitrogen and oxygen atoms in total. The highest BCUT2D eigenvalue weighted by Gasteiger charge is 2.52. The van der Waals surface area contributed by atoms with Crippen LogP contribution in [0.2, 0.25) is 0 Å². The van der Waals surface area contributed by atoms with Crippen LogP contribution in [0.5, 0.6) is 0 Å². The van der Waals surface area contributed by atoms with E-state index in [1.54, 1.807) is 0 Å². The molecule has 2 aliphatic rings. The maximum atomic E-state index is 4.64. The second-order valence-corrected chi connectivity index (χ2v) is 5.69. The Morgan fingerprint density at radius 3 is 3.06 bits per heavy atom. The van der Waals surface area contributed by atoms with Crippen LogP contribution in [-0.2, 0) is 0 Å². The van der Waals surface area contributed by atoms with Gasteiger partial charge in [0.25, 0.3) is 0 Å². The molecule has 2 N–H and O–H groups in total. The summed E-state index contributed by atoms with van der Waals surface area (Å²) in [7, 11) is 2.05. The van der Waals surface area contributed by atoms with E-state index >= 15 is 0 Å². The summed E-state index contributed by atoms with van der Waals surface area (Å²) >= 11 is 0. The van der Waals surface area contributed by atoms with Crippen LogP contribution in [0.1, 0.15) is 12.8 Å². The lowest BCUT2D eigenvalue weighted by Crippen LogP contribution is -2.66. The lowest BCUT2D eigenvalue weighted by Gasteiger charge is -2.59. The van der Waals surface area contributed by atoms with E-state index in [0.29, 0.717) is 5.41 Å². The Morgan fingerprint density at radius 2 is 2.28 bits per heavy atom. The standard InChI is InChI=1S/C13H17N5/c1-14-9-4-13(5-9)7-18(8-13)11-6-16-12-10(17-11)2-3-15-12/h2-3,6,9,14H,4-5,7-8H2,1H3,(H,15,16). The van der Waals surface area contributed by atoms with Crippen LogP contribution in [0, 0.1) is 5.41 Å². The highest BCUT2D eigenvalue weighted by atomic mass is 15.3. The van der Waals surface area contributed by atoms with Crippen LogP contribution in [0.25, 0.3) is 11.2 Å². The smallest absolute Gasteiger partial charge is 0.156 e. The van der Waals surface area contributed by atoms with E-state index in [2.05, 4.69) is 32.2 Å². The minimum Gasteiger partial charge on any atom is -0.354 e. The van der Waals surface area contributed by atoms with Gasteiger partial charge in [-0.1, -0.05) is 0 Å². The van der Waals surface area contributed by atoms with Crippen molar-refractivity contribution in [3.05, 3.63) is 18.5 Å². The molecule has 0 unspecified atom stereocenters. The van der Waals surface area contributed by atoms with Gasteiger partial charge in [-0.2, -0.15) is 0 Å². The number of nitrogens with one attached hydrogen (secondary N) is 2. The molecule has 0 atom stereocenters. The molecule has 1 spiro atoms. The van der Waals surface area contributed by atoms with Gasteiger partial charge < -0.3 is 15.2 Å². The Kier molecular flexibility index (Phi) is 1.97.